The maximum absolute atomic E-state index is 11.0. The highest BCUT2D eigenvalue weighted by atomic mass is 16.4. The van der Waals surface area contributed by atoms with Gasteiger partial charge in [-0.25, -0.2) is 0 Å². The molecule has 16 heavy (non-hydrogen) atoms. The molecule has 0 amide bonds. The van der Waals surface area contributed by atoms with E-state index in [1.165, 1.54) is 5.56 Å². The van der Waals surface area contributed by atoms with Crippen LogP contribution in [-0.2, 0) is 18.3 Å². The number of carboxylic acids is 1. The number of carbonyl (C=O) groups is 1. The van der Waals surface area contributed by atoms with Crippen LogP contribution >= 0.6 is 0 Å². The molecule has 0 aromatic carbocycles. The minimum absolute atomic E-state index is 0.281. The lowest BCUT2D eigenvalue weighted by Crippen LogP contribution is -2.37. The Hall–Kier alpha value is -1.36. The van der Waals surface area contributed by atoms with Crippen LogP contribution in [0.1, 0.15) is 18.4 Å². The van der Waals surface area contributed by atoms with Gasteiger partial charge in [-0.3, -0.25) is 14.4 Å². The first-order valence-corrected chi connectivity index (χ1v) is 5.61. The third kappa shape index (κ3) is 2.41. The van der Waals surface area contributed by atoms with Crippen LogP contribution in [0.25, 0.3) is 0 Å². The fourth-order valence-corrected chi connectivity index (χ4v) is 2.25. The van der Waals surface area contributed by atoms with Crippen molar-refractivity contribution in [2.45, 2.75) is 25.3 Å². The van der Waals surface area contributed by atoms with E-state index in [1.54, 1.807) is 4.68 Å². The summed E-state index contributed by atoms with van der Waals surface area (Å²) in [5, 5.41) is 13.1. The highest BCUT2D eigenvalue weighted by Crippen LogP contribution is 2.17. The molecule has 1 saturated heterocycles. The molecule has 2 rings (SSSR count). The van der Waals surface area contributed by atoms with Gasteiger partial charge < -0.3 is 5.11 Å². The van der Waals surface area contributed by atoms with Gasteiger partial charge >= 0.3 is 5.97 Å². The molecule has 1 aromatic heterocycles. The molecule has 2 heterocycles. The van der Waals surface area contributed by atoms with E-state index >= 15 is 0 Å². The van der Waals surface area contributed by atoms with Gasteiger partial charge in [0.05, 0.1) is 6.20 Å². The van der Waals surface area contributed by atoms with Gasteiger partial charge in [0, 0.05) is 19.8 Å². The molecule has 1 unspecified atom stereocenters. The summed E-state index contributed by atoms with van der Waals surface area (Å²) in [5.74, 6) is -0.691. The van der Waals surface area contributed by atoms with Crippen LogP contribution in [0.5, 0.6) is 0 Å². The Morgan fingerprint density at radius 1 is 1.69 bits per heavy atom. The van der Waals surface area contributed by atoms with E-state index in [9.17, 15) is 4.79 Å². The molecule has 0 spiro atoms. The topological polar surface area (TPSA) is 58.4 Å². The monoisotopic (exact) mass is 223 g/mol. The Morgan fingerprint density at radius 2 is 2.50 bits per heavy atom. The van der Waals surface area contributed by atoms with Crippen molar-refractivity contribution < 1.29 is 9.90 Å². The zero-order valence-corrected chi connectivity index (χ0v) is 9.46. The van der Waals surface area contributed by atoms with Gasteiger partial charge in [-0.1, -0.05) is 0 Å². The lowest BCUT2D eigenvalue weighted by molar-refractivity contribution is -0.142. The van der Waals surface area contributed by atoms with Crippen LogP contribution in [-0.4, -0.2) is 44.9 Å². The second-order valence-corrected chi connectivity index (χ2v) is 4.30. The van der Waals surface area contributed by atoms with Gasteiger partial charge in [-0.15, -0.1) is 0 Å². The molecule has 1 atom stereocenters. The second kappa shape index (κ2) is 4.65. The molecular weight excluding hydrogens is 206 g/mol. The van der Waals surface area contributed by atoms with E-state index in [1.807, 2.05) is 19.4 Å². The summed E-state index contributed by atoms with van der Waals surface area (Å²) >= 11 is 0. The van der Waals surface area contributed by atoms with Crippen molar-refractivity contribution in [1.82, 2.24) is 14.7 Å². The van der Waals surface area contributed by atoms with Crippen molar-refractivity contribution in [2.24, 2.45) is 7.05 Å². The Bertz CT molecular complexity index is 375. The molecule has 1 fully saturated rings. The van der Waals surface area contributed by atoms with Crippen molar-refractivity contribution in [2.75, 3.05) is 13.1 Å². The summed E-state index contributed by atoms with van der Waals surface area (Å²) in [6.07, 6.45) is 6.46. The van der Waals surface area contributed by atoms with Crippen molar-refractivity contribution >= 4 is 5.97 Å². The Kier molecular flexibility index (Phi) is 3.24. The van der Waals surface area contributed by atoms with E-state index in [0.29, 0.717) is 0 Å². The van der Waals surface area contributed by atoms with Crippen molar-refractivity contribution in [1.29, 1.82) is 0 Å². The van der Waals surface area contributed by atoms with Crippen molar-refractivity contribution in [3.63, 3.8) is 0 Å². The van der Waals surface area contributed by atoms with E-state index in [0.717, 1.165) is 32.4 Å². The first-order valence-electron chi connectivity index (χ1n) is 5.61. The average Bonchev–Trinajstić information content (AvgIpc) is 2.83. The molecule has 5 nitrogen and oxygen atoms in total. The van der Waals surface area contributed by atoms with Crippen molar-refractivity contribution in [3.05, 3.63) is 18.0 Å². The fraction of sp³-hybridized carbons (Fsp3) is 0.636. The van der Waals surface area contributed by atoms with Crippen molar-refractivity contribution in [3.8, 4) is 0 Å². The number of aliphatic carboxylic acids is 1. The van der Waals surface area contributed by atoms with Crippen LogP contribution in [0.4, 0.5) is 0 Å². The third-order valence-electron chi connectivity index (χ3n) is 3.09. The molecule has 1 N–H and O–H groups in total. The zero-order chi connectivity index (χ0) is 11.5. The number of aromatic nitrogens is 2. The Morgan fingerprint density at radius 3 is 3.12 bits per heavy atom. The molecular formula is C11H17N3O2. The lowest BCUT2D eigenvalue weighted by atomic mass is 10.2. The number of hydrogen-bond acceptors (Lipinski definition) is 3. The van der Waals surface area contributed by atoms with Gasteiger partial charge in [-0.2, -0.15) is 5.10 Å². The van der Waals surface area contributed by atoms with E-state index < -0.39 is 5.97 Å². The van der Waals surface area contributed by atoms with Crippen LogP contribution < -0.4 is 0 Å². The van der Waals surface area contributed by atoms with Gasteiger partial charge in [0.25, 0.3) is 0 Å². The molecule has 1 aliphatic rings. The molecule has 1 aliphatic heterocycles. The van der Waals surface area contributed by atoms with E-state index in [2.05, 4.69) is 10.00 Å². The van der Waals surface area contributed by atoms with Gasteiger partial charge in [-0.05, 0) is 31.4 Å². The quantitative estimate of drug-likeness (QED) is 0.808. The summed E-state index contributed by atoms with van der Waals surface area (Å²) in [6.45, 7) is 1.71. The summed E-state index contributed by atoms with van der Waals surface area (Å²) in [7, 11) is 1.89. The molecule has 0 bridgehead atoms. The Balaban J connectivity index is 1.87. The maximum Gasteiger partial charge on any atom is 0.320 e. The lowest BCUT2D eigenvalue weighted by Gasteiger charge is -2.20. The summed E-state index contributed by atoms with van der Waals surface area (Å²) in [5.41, 5.74) is 1.17. The predicted molar refractivity (Wildman–Crippen MR) is 59.1 cm³/mol. The highest BCUT2D eigenvalue weighted by Gasteiger charge is 2.29. The molecule has 5 heteroatoms. The first-order chi connectivity index (χ1) is 7.66. The summed E-state index contributed by atoms with van der Waals surface area (Å²) < 4.78 is 1.77. The number of hydrogen-bond donors (Lipinski definition) is 1. The van der Waals surface area contributed by atoms with Crippen LogP contribution in [0.3, 0.4) is 0 Å². The molecule has 0 radical (unpaired) electrons. The smallest absolute Gasteiger partial charge is 0.320 e. The maximum atomic E-state index is 11.0. The second-order valence-electron chi connectivity index (χ2n) is 4.30. The predicted octanol–water partition coefficient (Wildman–Crippen LogP) is 0.512. The average molecular weight is 223 g/mol. The number of rotatable bonds is 4. The van der Waals surface area contributed by atoms with Gasteiger partial charge in [0.15, 0.2) is 0 Å². The van der Waals surface area contributed by atoms with Gasteiger partial charge in [0.1, 0.15) is 6.04 Å². The molecule has 1 aromatic rings. The number of nitrogens with zero attached hydrogens (tertiary/aromatic N) is 3. The molecule has 0 aliphatic carbocycles. The van der Waals surface area contributed by atoms with Crippen LogP contribution in [0.15, 0.2) is 12.4 Å². The number of aryl methyl sites for hydroxylation is 1. The zero-order valence-electron chi connectivity index (χ0n) is 9.46. The summed E-state index contributed by atoms with van der Waals surface area (Å²) in [6, 6.07) is -0.281. The number of likely N-dealkylation sites (tertiary alicyclic amines) is 1. The van der Waals surface area contributed by atoms with E-state index in [4.69, 9.17) is 5.11 Å². The molecule has 88 valence electrons. The standard InChI is InChI=1S/C11H17N3O2/c1-13-8-9(7-12-13)4-6-14-5-2-3-10(14)11(15)16/h7-8,10H,2-6H2,1H3,(H,15,16). The largest absolute Gasteiger partial charge is 0.480 e. The summed E-state index contributed by atoms with van der Waals surface area (Å²) in [4.78, 5) is 13.0. The minimum atomic E-state index is -0.691. The normalized spacial score (nSPS) is 21.4. The number of carboxylic acid groups (broad SMARTS) is 1. The third-order valence-corrected chi connectivity index (χ3v) is 3.09. The highest BCUT2D eigenvalue weighted by molar-refractivity contribution is 5.73. The fourth-order valence-electron chi connectivity index (χ4n) is 2.25. The molecule has 0 saturated carbocycles. The SMILES string of the molecule is Cn1cc(CCN2CCCC2C(=O)O)cn1. The minimum Gasteiger partial charge on any atom is -0.480 e. The Labute approximate surface area is 94.7 Å². The van der Waals surface area contributed by atoms with Crippen LogP contribution in [0.2, 0.25) is 0 Å². The van der Waals surface area contributed by atoms with Crippen LogP contribution in [0, 0.1) is 0 Å². The van der Waals surface area contributed by atoms with E-state index in [-0.39, 0.29) is 6.04 Å². The van der Waals surface area contributed by atoms with Gasteiger partial charge in [0.2, 0.25) is 0 Å². The first kappa shape index (κ1) is 11.1.